The van der Waals surface area contributed by atoms with Gasteiger partial charge in [-0.25, -0.2) is 4.98 Å². The molecule has 0 bridgehead atoms. The monoisotopic (exact) mass is 250 g/mol. The van der Waals surface area contributed by atoms with Crippen LogP contribution in [-0.4, -0.2) is 29.6 Å². The van der Waals surface area contributed by atoms with Crippen molar-refractivity contribution in [3.8, 4) is 0 Å². The fraction of sp³-hybridized carbons (Fsp3) is 0.692. The second-order valence-corrected chi connectivity index (χ2v) is 4.89. The zero-order valence-corrected chi connectivity index (χ0v) is 11.0. The van der Waals surface area contributed by atoms with Gasteiger partial charge in [-0.15, -0.1) is 0 Å². The fourth-order valence-electron chi connectivity index (χ4n) is 2.42. The molecule has 0 aliphatic carbocycles. The molecule has 0 spiro atoms. The second-order valence-electron chi connectivity index (χ2n) is 4.89. The van der Waals surface area contributed by atoms with E-state index < -0.39 is 0 Å². The highest BCUT2D eigenvalue weighted by Crippen LogP contribution is 2.15. The number of anilines is 1. The lowest BCUT2D eigenvalue weighted by Crippen LogP contribution is -2.33. The van der Waals surface area contributed by atoms with Gasteiger partial charge in [-0.1, -0.05) is 0 Å². The van der Waals surface area contributed by atoms with E-state index in [0.717, 1.165) is 36.7 Å². The van der Waals surface area contributed by atoms with Crippen molar-refractivity contribution in [1.82, 2.24) is 9.97 Å². The summed E-state index contributed by atoms with van der Waals surface area (Å²) in [4.78, 5) is 21.7. The Balaban J connectivity index is 2.21. The molecule has 0 atom stereocenters. The van der Waals surface area contributed by atoms with Gasteiger partial charge in [-0.05, 0) is 45.6 Å². The molecule has 1 aliphatic heterocycles. The van der Waals surface area contributed by atoms with Crippen molar-refractivity contribution in [2.45, 2.75) is 39.0 Å². The third kappa shape index (κ3) is 2.90. The lowest BCUT2D eigenvalue weighted by molar-refractivity contribution is 0.566. The number of piperidine rings is 1. The zero-order chi connectivity index (χ0) is 13.0. The molecule has 1 aliphatic rings. The van der Waals surface area contributed by atoms with Crippen LogP contribution < -0.4 is 16.2 Å². The van der Waals surface area contributed by atoms with Crippen LogP contribution in [0.15, 0.2) is 4.79 Å². The number of nitrogens with two attached hydrogens (primary N) is 1. The minimum Gasteiger partial charge on any atom is -0.342 e. The minimum atomic E-state index is -0.00322. The molecule has 0 saturated carbocycles. The second kappa shape index (κ2) is 6.00. The van der Waals surface area contributed by atoms with Gasteiger partial charge in [-0.3, -0.25) is 9.78 Å². The fourth-order valence-corrected chi connectivity index (χ4v) is 2.42. The van der Waals surface area contributed by atoms with Crippen molar-refractivity contribution in [3.63, 3.8) is 0 Å². The Labute approximate surface area is 107 Å². The quantitative estimate of drug-likeness (QED) is 0.834. The van der Waals surface area contributed by atoms with Gasteiger partial charge in [0.05, 0.1) is 0 Å². The predicted molar refractivity (Wildman–Crippen MR) is 73.0 cm³/mol. The number of hydrogen-bond acceptors (Lipinski definition) is 4. The summed E-state index contributed by atoms with van der Waals surface area (Å²) in [6, 6.07) is 0. The van der Waals surface area contributed by atoms with Gasteiger partial charge >= 0.3 is 0 Å². The van der Waals surface area contributed by atoms with E-state index in [4.69, 9.17) is 5.73 Å². The number of hydrogen-bond donors (Lipinski definition) is 2. The van der Waals surface area contributed by atoms with Crippen LogP contribution in [0.1, 0.15) is 36.9 Å². The van der Waals surface area contributed by atoms with Gasteiger partial charge in [-0.2, -0.15) is 0 Å². The van der Waals surface area contributed by atoms with Crippen LogP contribution in [0.3, 0.4) is 0 Å². The molecule has 3 N–H and O–H groups in total. The molecule has 5 nitrogen and oxygen atoms in total. The van der Waals surface area contributed by atoms with Crippen molar-refractivity contribution in [1.29, 1.82) is 0 Å². The number of aromatic nitrogens is 2. The standard InChI is InChI=1S/C13H22N4O/c1-10-11(6-5-7-14)12(18)16-13(15-10)17-8-3-2-4-9-17/h2-9,14H2,1H3,(H,15,16,18). The van der Waals surface area contributed by atoms with Crippen LogP contribution in [-0.2, 0) is 6.42 Å². The average molecular weight is 250 g/mol. The molecule has 0 aromatic carbocycles. The number of nitrogens with zero attached hydrogens (tertiary/aromatic N) is 2. The third-order valence-corrected chi connectivity index (χ3v) is 3.50. The highest BCUT2D eigenvalue weighted by atomic mass is 16.1. The molecular weight excluding hydrogens is 228 g/mol. The van der Waals surface area contributed by atoms with Gasteiger partial charge in [0, 0.05) is 24.3 Å². The Morgan fingerprint density at radius 3 is 2.67 bits per heavy atom. The molecule has 1 saturated heterocycles. The lowest BCUT2D eigenvalue weighted by Gasteiger charge is -2.27. The Bertz CT molecular complexity index is 449. The molecule has 2 heterocycles. The summed E-state index contributed by atoms with van der Waals surface area (Å²) in [6.45, 7) is 4.50. The van der Waals surface area contributed by atoms with Gasteiger partial charge in [0.15, 0.2) is 0 Å². The van der Waals surface area contributed by atoms with Crippen LogP contribution in [0.5, 0.6) is 0 Å². The molecular formula is C13H22N4O. The van der Waals surface area contributed by atoms with Gasteiger partial charge in [0.25, 0.3) is 5.56 Å². The van der Waals surface area contributed by atoms with Crippen LogP contribution in [0.25, 0.3) is 0 Å². The molecule has 5 heteroatoms. The maximum Gasteiger partial charge on any atom is 0.255 e. The maximum absolute atomic E-state index is 12.0. The molecule has 0 amide bonds. The third-order valence-electron chi connectivity index (χ3n) is 3.50. The Kier molecular flexibility index (Phi) is 4.36. The number of rotatable bonds is 4. The first kappa shape index (κ1) is 13.1. The molecule has 1 aromatic rings. The SMILES string of the molecule is Cc1nc(N2CCCCC2)[nH]c(=O)c1CCCN. The summed E-state index contributed by atoms with van der Waals surface area (Å²) < 4.78 is 0. The van der Waals surface area contributed by atoms with Gasteiger partial charge in [0.1, 0.15) is 0 Å². The molecule has 18 heavy (non-hydrogen) atoms. The van der Waals surface area contributed by atoms with Crippen LogP contribution >= 0.6 is 0 Å². The van der Waals surface area contributed by atoms with E-state index in [1.807, 2.05) is 6.92 Å². The smallest absolute Gasteiger partial charge is 0.255 e. The number of nitrogens with one attached hydrogen (secondary N) is 1. The van der Waals surface area contributed by atoms with Crippen molar-refractivity contribution in [3.05, 3.63) is 21.6 Å². The van der Waals surface area contributed by atoms with E-state index in [0.29, 0.717) is 13.0 Å². The Morgan fingerprint density at radius 2 is 2.06 bits per heavy atom. The topological polar surface area (TPSA) is 75.0 Å². The maximum atomic E-state index is 12.0. The molecule has 100 valence electrons. The van der Waals surface area contributed by atoms with Crippen LogP contribution in [0.4, 0.5) is 5.95 Å². The van der Waals surface area contributed by atoms with E-state index >= 15 is 0 Å². The van der Waals surface area contributed by atoms with Crippen molar-refractivity contribution < 1.29 is 0 Å². The molecule has 0 radical (unpaired) electrons. The van der Waals surface area contributed by atoms with Gasteiger partial charge in [0.2, 0.25) is 5.95 Å². The van der Waals surface area contributed by atoms with E-state index in [1.165, 1.54) is 19.3 Å². The highest BCUT2D eigenvalue weighted by molar-refractivity contribution is 5.33. The highest BCUT2D eigenvalue weighted by Gasteiger charge is 2.15. The summed E-state index contributed by atoms with van der Waals surface area (Å²) in [5.74, 6) is 0.730. The molecule has 0 unspecified atom stereocenters. The molecule has 2 rings (SSSR count). The van der Waals surface area contributed by atoms with Crippen molar-refractivity contribution in [2.24, 2.45) is 5.73 Å². The zero-order valence-electron chi connectivity index (χ0n) is 11.0. The largest absolute Gasteiger partial charge is 0.342 e. The van der Waals surface area contributed by atoms with Gasteiger partial charge < -0.3 is 10.6 Å². The minimum absolute atomic E-state index is 0.00322. The first-order chi connectivity index (χ1) is 8.72. The van der Waals surface area contributed by atoms with E-state index in [2.05, 4.69) is 14.9 Å². The van der Waals surface area contributed by atoms with Crippen molar-refractivity contribution >= 4 is 5.95 Å². The summed E-state index contributed by atoms with van der Waals surface area (Å²) in [7, 11) is 0. The van der Waals surface area contributed by atoms with Crippen LogP contribution in [0.2, 0.25) is 0 Å². The Hall–Kier alpha value is -1.36. The average Bonchev–Trinajstić information content (AvgIpc) is 2.39. The number of H-pyrrole nitrogens is 1. The molecule has 1 fully saturated rings. The van der Waals surface area contributed by atoms with Crippen LogP contribution in [0, 0.1) is 6.92 Å². The van der Waals surface area contributed by atoms with E-state index in [1.54, 1.807) is 0 Å². The first-order valence-corrected chi connectivity index (χ1v) is 6.77. The summed E-state index contributed by atoms with van der Waals surface area (Å²) >= 11 is 0. The van der Waals surface area contributed by atoms with Crippen molar-refractivity contribution in [2.75, 3.05) is 24.5 Å². The number of aromatic amines is 1. The lowest BCUT2D eigenvalue weighted by atomic mass is 10.1. The predicted octanol–water partition coefficient (Wildman–Crippen LogP) is 0.960. The summed E-state index contributed by atoms with van der Waals surface area (Å²) in [6.07, 6.45) is 5.17. The Morgan fingerprint density at radius 1 is 1.33 bits per heavy atom. The summed E-state index contributed by atoms with van der Waals surface area (Å²) in [5.41, 5.74) is 7.10. The summed E-state index contributed by atoms with van der Waals surface area (Å²) in [5, 5.41) is 0. The van der Waals surface area contributed by atoms with E-state index in [9.17, 15) is 4.79 Å². The first-order valence-electron chi connectivity index (χ1n) is 6.77. The van der Waals surface area contributed by atoms with E-state index in [-0.39, 0.29) is 5.56 Å². The number of aryl methyl sites for hydroxylation is 1. The normalized spacial score (nSPS) is 16.0. The molecule has 1 aromatic heterocycles.